The van der Waals surface area contributed by atoms with Crippen LogP contribution in [0.1, 0.15) is 71.1 Å². The molecule has 2 N–H and O–H groups in total. The third-order valence-corrected chi connectivity index (χ3v) is 6.66. The van der Waals surface area contributed by atoms with Crippen molar-refractivity contribution in [1.82, 2.24) is 4.90 Å². The van der Waals surface area contributed by atoms with Crippen molar-refractivity contribution in [3.05, 3.63) is 0 Å². The summed E-state index contributed by atoms with van der Waals surface area (Å²) in [6.45, 7) is 5.97. The van der Waals surface area contributed by atoms with E-state index in [1.165, 1.54) is 77.3 Å². The number of hydrogen-bond acceptors (Lipinski definition) is 2. The van der Waals surface area contributed by atoms with Crippen LogP contribution in [0.2, 0.25) is 0 Å². The van der Waals surface area contributed by atoms with E-state index in [-0.39, 0.29) is 0 Å². The number of rotatable bonds is 3. The van der Waals surface area contributed by atoms with E-state index >= 15 is 0 Å². The smallest absolute Gasteiger partial charge is 0.0124 e. The minimum absolute atomic E-state index is 0.450. The number of nitrogens with zero attached hydrogens (tertiary/aromatic N) is 1. The molecule has 3 rings (SSSR count). The lowest BCUT2D eigenvalue weighted by Crippen LogP contribution is -2.53. The molecule has 3 fully saturated rings. The van der Waals surface area contributed by atoms with E-state index in [1.807, 2.05) is 0 Å². The minimum Gasteiger partial charge on any atom is -0.330 e. The van der Waals surface area contributed by atoms with E-state index in [0.29, 0.717) is 5.41 Å². The topological polar surface area (TPSA) is 29.3 Å². The van der Waals surface area contributed by atoms with Crippen LogP contribution in [0.15, 0.2) is 0 Å². The van der Waals surface area contributed by atoms with Crippen LogP contribution in [0.25, 0.3) is 0 Å². The highest BCUT2D eigenvalue weighted by molar-refractivity contribution is 4.94. The van der Waals surface area contributed by atoms with Gasteiger partial charge in [-0.15, -0.1) is 0 Å². The number of hydrogen-bond donors (Lipinski definition) is 1. The summed E-state index contributed by atoms with van der Waals surface area (Å²) in [6, 6.07) is 0.903. The van der Waals surface area contributed by atoms with Crippen molar-refractivity contribution in [2.45, 2.75) is 77.2 Å². The van der Waals surface area contributed by atoms with Crippen LogP contribution in [-0.4, -0.2) is 30.6 Å². The molecule has 1 heterocycles. The molecule has 2 nitrogen and oxygen atoms in total. The molecule has 2 heteroatoms. The molecule has 0 aromatic heterocycles. The van der Waals surface area contributed by atoms with Gasteiger partial charge >= 0.3 is 0 Å². The number of fused-ring (bicyclic) bond motifs is 1. The second kappa shape index (κ2) is 6.36. The molecular formula is C18H34N2. The maximum absolute atomic E-state index is 6.24. The molecule has 1 saturated heterocycles. The lowest BCUT2D eigenvalue weighted by molar-refractivity contribution is 0.00893. The lowest BCUT2D eigenvalue weighted by Gasteiger charge is -2.49. The van der Waals surface area contributed by atoms with Crippen molar-refractivity contribution in [3.63, 3.8) is 0 Å². The molecule has 0 spiro atoms. The molecule has 116 valence electrons. The van der Waals surface area contributed by atoms with Crippen molar-refractivity contribution >= 4 is 0 Å². The zero-order chi connectivity index (χ0) is 14.0. The highest BCUT2D eigenvalue weighted by atomic mass is 15.2. The highest BCUT2D eigenvalue weighted by Gasteiger charge is 2.39. The molecule has 2 saturated carbocycles. The Balaban J connectivity index is 1.65. The molecule has 0 unspecified atom stereocenters. The third kappa shape index (κ3) is 3.06. The van der Waals surface area contributed by atoms with Crippen LogP contribution in [0, 0.1) is 17.3 Å². The quantitative estimate of drug-likeness (QED) is 0.851. The van der Waals surface area contributed by atoms with Crippen LogP contribution >= 0.6 is 0 Å². The zero-order valence-electron chi connectivity index (χ0n) is 13.4. The molecule has 0 aromatic carbocycles. The van der Waals surface area contributed by atoms with Crippen molar-refractivity contribution < 1.29 is 0 Å². The third-order valence-electron chi connectivity index (χ3n) is 6.66. The molecule has 20 heavy (non-hydrogen) atoms. The maximum atomic E-state index is 6.24. The number of piperidine rings is 1. The Morgan fingerprint density at radius 2 is 1.70 bits per heavy atom. The summed E-state index contributed by atoms with van der Waals surface area (Å²) < 4.78 is 0. The van der Waals surface area contributed by atoms with Gasteiger partial charge in [-0.05, 0) is 68.9 Å². The van der Waals surface area contributed by atoms with Gasteiger partial charge in [0.2, 0.25) is 0 Å². The van der Waals surface area contributed by atoms with E-state index in [1.54, 1.807) is 0 Å². The van der Waals surface area contributed by atoms with Gasteiger partial charge in [-0.3, -0.25) is 4.90 Å². The molecule has 0 bridgehead atoms. The van der Waals surface area contributed by atoms with Gasteiger partial charge in [-0.1, -0.05) is 32.6 Å². The first kappa shape index (κ1) is 14.8. The van der Waals surface area contributed by atoms with Crippen molar-refractivity contribution in [3.8, 4) is 0 Å². The van der Waals surface area contributed by atoms with Gasteiger partial charge in [0, 0.05) is 12.6 Å². The maximum Gasteiger partial charge on any atom is 0.0124 e. The van der Waals surface area contributed by atoms with Crippen molar-refractivity contribution in [2.75, 3.05) is 19.6 Å². The zero-order valence-corrected chi connectivity index (χ0v) is 13.4. The Hall–Kier alpha value is -0.0800. The standard InChI is InChI=1S/C18H34N2/c1-15-8-10-18(13-19,11-9-15)14-20-12-4-6-16-5-2-3-7-17(16)20/h15-17H,2-14,19H2,1H3/t15?,16-,17-,18?/m1/s1. The second-order valence-corrected chi connectivity index (χ2v) is 8.11. The molecule has 0 amide bonds. The Morgan fingerprint density at radius 3 is 2.45 bits per heavy atom. The summed E-state index contributed by atoms with van der Waals surface area (Å²) in [5.74, 6) is 1.94. The molecule has 1 aliphatic heterocycles. The summed E-state index contributed by atoms with van der Waals surface area (Å²) in [6.07, 6.45) is 14.4. The van der Waals surface area contributed by atoms with E-state index in [2.05, 4.69) is 11.8 Å². The molecule has 0 radical (unpaired) electrons. The van der Waals surface area contributed by atoms with Gasteiger partial charge in [0.1, 0.15) is 0 Å². The number of likely N-dealkylation sites (tertiary alicyclic amines) is 1. The van der Waals surface area contributed by atoms with Crippen molar-refractivity contribution in [1.29, 1.82) is 0 Å². The fraction of sp³-hybridized carbons (Fsp3) is 1.00. The van der Waals surface area contributed by atoms with Gasteiger partial charge in [-0.25, -0.2) is 0 Å². The van der Waals surface area contributed by atoms with Crippen LogP contribution in [0.3, 0.4) is 0 Å². The largest absolute Gasteiger partial charge is 0.330 e. The molecule has 2 aliphatic carbocycles. The minimum atomic E-state index is 0.450. The summed E-state index contributed by atoms with van der Waals surface area (Å²) in [5, 5.41) is 0. The normalized spacial score (nSPS) is 43.2. The summed E-state index contributed by atoms with van der Waals surface area (Å²) in [4.78, 5) is 2.87. The summed E-state index contributed by atoms with van der Waals surface area (Å²) in [5.41, 5.74) is 6.69. The van der Waals surface area contributed by atoms with Gasteiger partial charge in [0.25, 0.3) is 0 Å². The predicted molar refractivity (Wildman–Crippen MR) is 85.7 cm³/mol. The second-order valence-electron chi connectivity index (χ2n) is 8.11. The van der Waals surface area contributed by atoms with E-state index < -0.39 is 0 Å². The van der Waals surface area contributed by atoms with E-state index in [9.17, 15) is 0 Å². The number of nitrogens with two attached hydrogens (primary N) is 1. The lowest BCUT2D eigenvalue weighted by atomic mass is 9.69. The molecule has 3 aliphatic rings. The Labute approximate surface area is 125 Å². The van der Waals surface area contributed by atoms with E-state index in [4.69, 9.17) is 5.73 Å². The van der Waals surface area contributed by atoms with Gasteiger partial charge < -0.3 is 5.73 Å². The molecule has 2 atom stereocenters. The van der Waals surface area contributed by atoms with Gasteiger partial charge in [0.05, 0.1) is 0 Å². The first-order valence-electron chi connectivity index (χ1n) is 9.17. The monoisotopic (exact) mass is 278 g/mol. The fourth-order valence-electron chi connectivity index (χ4n) is 5.16. The van der Waals surface area contributed by atoms with Crippen LogP contribution < -0.4 is 5.73 Å². The van der Waals surface area contributed by atoms with Gasteiger partial charge in [-0.2, -0.15) is 0 Å². The highest BCUT2D eigenvalue weighted by Crippen LogP contribution is 2.42. The Morgan fingerprint density at radius 1 is 1.00 bits per heavy atom. The van der Waals surface area contributed by atoms with Gasteiger partial charge in [0.15, 0.2) is 0 Å². The van der Waals surface area contributed by atoms with E-state index in [0.717, 1.165) is 24.4 Å². The average molecular weight is 278 g/mol. The van der Waals surface area contributed by atoms with Crippen LogP contribution in [0.4, 0.5) is 0 Å². The first-order valence-corrected chi connectivity index (χ1v) is 9.17. The summed E-state index contributed by atoms with van der Waals surface area (Å²) >= 11 is 0. The molecule has 0 aromatic rings. The van der Waals surface area contributed by atoms with Crippen LogP contribution in [-0.2, 0) is 0 Å². The SMILES string of the molecule is CC1CCC(CN)(CN2CCC[C@H]3CCCC[C@H]32)CC1. The average Bonchev–Trinajstić information content (AvgIpc) is 2.50. The predicted octanol–water partition coefficient (Wildman–Crippen LogP) is 3.80. The fourth-order valence-corrected chi connectivity index (χ4v) is 5.16. The Bertz CT molecular complexity index is 305. The molecular weight excluding hydrogens is 244 g/mol. The van der Waals surface area contributed by atoms with Crippen LogP contribution in [0.5, 0.6) is 0 Å². The van der Waals surface area contributed by atoms with Crippen molar-refractivity contribution in [2.24, 2.45) is 23.0 Å². The first-order chi connectivity index (χ1) is 9.72. The summed E-state index contributed by atoms with van der Waals surface area (Å²) in [7, 11) is 0. The Kier molecular flexibility index (Phi) is 4.72.